The molecule has 0 aliphatic carbocycles. The van der Waals surface area contributed by atoms with Gasteiger partial charge in [0.1, 0.15) is 17.0 Å². The van der Waals surface area contributed by atoms with E-state index < -0.39 is 17.8 Å². The average molecular weight is 324 g/mol. The third kappa shape index (κ3) is 3.69. The normalized spacial score (nSPS) is 11.5. The van der Waals surface area contributed by atoms with Crippen LogP contribution in [0.4, 0.5) is 4.39 Å². The highest BCUT2D eigenvalue weighted by Crippen LogP contribution is 2.20. The van der Waals surface area contributed by atoms with Crippen molar-refractivity contribution in [2.24, 2.45) is 0 Å². The molecule has 1 atom stereocenters. The summed E-state index contributed by atoms with van der Waals surface area (Å²) in [6, 6.07) is 7.66. The highest BCUT2D eigenvalue weighted by molar-refractivity contribution is 6.41. The Labute approximate surface area is 130 Å². The van der Waals surface area contributed by atoms with E-state index in [1.54, 1.807) is 0 Å². The van der Waals surface area contributed by atoms with Crippen molar-refractivity contribution in [1.82, 2.24) is 10.3 Å². The van der Waals surface area contributed by atoms with Gasteiger partial charge in [-0.05, 0) is 23.8 Å². The smallest absolute Gasteiger partial charge is 0.254 e. The molecule has 0 fully saturated rings. The average Bonchev–Trinajstić information content (AvgIpc) is 2.48. The zero-order valence-electron chi connectivity index (χ0n) is 10.5. The second kappa shape index (κ2) is 6.53. The van der Waals surface area contributed by atoms with E-state index >= 15 is 0 Å². The topological polar surface area (TPSA) is 65.8 Å². The van der Waals surface area contributed by atoms with Gasteiger partial charge in [-0.3, -0.25) is 4.79 Å². The number of hydrogen-bond donors (Lipinski definition) is 1. The second-order valence-corrected chi connectivity index (χ2v) is 4.85. The Morgan fingerprint density at radius 2 is 2.00 bits per heavy atom. The minimum absolute atomic E-state index is 0.0867. The van der Waals surface area contributed by atoms with Crippen LogP contribution < -0.4 is 5.32 Å². The summed E-state index contributed by atoms with van der Waals surface area (Å²) in [5.41, 5.74) is 0.645. The van der Waals surface area contributed by atoms with Gasteiger partial charge in [0.25, 0.3) is 5.91 Å². The fourth-order valence-corrected chi connectivity index (χ4v) is 1.87. The Bertz CT molecular complexity index is 713. The number of nitrogens with zero attached hydrogens (tertiary/aromatic N) is 2. The molecule has 0 bridgehead atoms. The Balaban J connectivity index is 2.18. The Hall–Kier alpha value is -2.16. The van der Waals surface area contributed by atoms with Crippen LogP contribution in [0, 0.1) is 17.1 Å². The molecular formula is C14H8Cl2FN3O. The van der Waals surface area contributed by atoms with Gasteiger partial charge in [-0.15, -0.1) is 0 Å². The van der Waals surface area contributed by atoms with E-state index in [1.807, 2.05) is 6.07 Å². The standard InChI is InChI=1S/C14H8Cl2FN3O/c15-11-5-9(7-19-13(11)16)14(21)20-12(6-18)8-1-3-10(17)4-2-8/h1-5,7,12H,(H,20,21)/t12-/m0/s1. The number of nitriles is 1. The van der Waals surface area contributed by atoms with E-state index in [0.29, 0.717) is 5.56 Å². The molecule has 1 aromatic carbocycles. The summed E-state index contributed by atoms with van der Waals surface area (Å²) in [7, 11) is 0. The van der Waals surface area contributed by atoms with Crippen molar-refractivity contribution in [2.75, 3.05) is 0 Å². The minimum Gasteiger partial charge on any atom is -0.332 e. The molecule has 0 aliphatic rings. The van der Waals surface area contributed by atoms with E-state index in [-0.39, 0.29) is 15.7 Å². The molecule has 4 nitrogen and oxygen atoms in total. The highest BCUT2D eigenvalue weighted by atomic mass is 35.5. The van der Waals surface area contributed by atoms with Crippen LogP contribution in [0.5, 0.6) is 0 Å². The molecule has 0 radical (unpaired) electrons. The molecule has 0 unspecified atom stereocenters. The maximum atomic E-state index is 12.9. The molecule has 0 spiro atoms. The molecule has 0 saturated carbocycles. The summed E-state index contributed by atoms with van der Waals surface area (Å²) < 4.78 is 12.9. The van der Waals surface area contributed by atoms with Crippen LogP contribution in [-0.2, 0) is 0 Å². The summed E-state index contributed by atoms with van der Waals surface area (Å²) in [6.45, 7) is 0. The quantitative estimate of drug-likeness (QED) is 0.879. The number of aromatic nitrogens is 1. The number of halogens is 3. The van der Waals surface area contributed by atoms with Crippen molar-refractivity contribution in [3.05, 3.63) is 63.6 Å². The largest absolute Gasteiger partial charge is 0.332 e. The molecule has 2 rings (SSSR count). The Kier molecular flexibility index (Phi) is 4.73. The minimum atomic E-state index is -0.910. The van der Waals surface area contributed by atoms with Crippen LogP contribution in [0.25, 0.3) is 0 Å². The SMILES string of the molecule is N#C[C@H](NC(=O)c1cnc(Cl)c(Cl)c1)c1ccc(F)cc1. The monoisotopic (exact) mass is 323 g/mol. The number of hydrogen-bond acceptors (Lipinski definition) is 3. The molecule has 1 heterocycles. The molecule has 1 aromatic heterocycles. The lowest BCUT2D eigenvalue weighted by Gasteiger charge is -2.12. The van der Waals surface area contributed by atoms with Gasteiger partial charge < -0.3 is 5.32 Å². The molecule has 7 heteroatoms. The van der Waals surface area contributed by atoms with Crippen molar-refractivity contribution < 1.29 is 9.18 Å². The van der Waals surface area contributed by atoms with E-state index in [9.17, 15) is 9.18 Å². The predicted molar refractivity (Wildman–Crippen MR) is 76.5 cm³/mol. The molecule has 2 aromatic rings. The summed E-state index contributed by atoms with van der Waals surface area (Å²) >= 11 is 11.4. The number of amides is 1. The van der Waals surface area contributed by atoms with Crippen molar-refractivity contribution >= 4 is 29.1 Å². The first-order valence-electron chi connectivity index (χ1n) is 5.78. The van der Waals surface area contributed by atoms with Gasteiger partial charge >= 0.3 is 0 Å². The van der Waals surface area contributed by atoms with Gasteiger partial charge in [-0.2, -0.15) is 5.26 Å². The van der Waals surface area contributed by atoms with Gasteiger partial charge in [0.05, 0.1) is 16.7 Å². The molecule has 1 amide bonds. The van der Waals surface area contributed by atoms with Crippen LogP contribution >= 0.6 is 23.2 Å². The van der Waals surface area contributed by atoms with Crippen LogP contribution in [0.3, 0.4) is 0 Å². The Morgan fingerprint density at radius 3 is 2.57 bits per heavy atom. The van der Waals surface area contributed by atoms with E-state index in [4.69, 9.17) is 28.5 Å². The molecule has 21 heavy (non-hydrogen) atoms. The predicted octanol–water partition coefficient (Wildman–Crippen LogP) is 3.52. The number of carbonyl (C=O) groups excluding carboxylic acids is 1. The van der Waals surface area contributed by atoms with Crippen molar-refractivity contribution in [1.29, 1.82) is 5.26 Å². The fraction of sp³-hybridized carbons (Fsp3) is 0.0714. The lowest BCUT2D eigenvalue weighted by atomic mass is 10.1. The zero-order chi connectivity index (χ0) is 15.4. The molecular weight excluding hydrogens is 316 g/mol. The highest BCUT2D eigenvalue weighted by Gasteiger charge is 2.16. The first-order valence-corrected chi connectivity index (χ1v) is 6.54. The van der Waals surface area contributed by atoms with Crippen molar-refractivity contribution in [2.45, 2.75) is 6.04 Å². The third-order valence-electron chi connectivity index (χ3n) is 2.67. The summed E-state index contributed by atoms with van der Waals surface area (Å²) in [5.74, 6) is -0.951. The number of benzene rings is 1. The van der Waals surface area contributed by atoms with E-state index in [1.165, 1.54) is 36.5 Å². The maximum absolute atomic E-state index is 12.9. The van der Waals surface area contributed by atoms with Gasteiger partial charge in [0, 0.05) is 6.20 Å². The lowest BCUT2D eigenvalue weighted by Crippen LogP contribution is -2.27. The first-order chi connectivity index (χ1) is 10.0. The number of rotatable bonds is 3. The van der Waals surface area contributed by atoms with Crippen molar-refractivity contribution in [3.8, 4) is 6.07 Å². The second-order valence-electron chi connectivity index (χ2n) is 4.08. The van der Waals surface area contributed by atoms with Gasteiger partial charge in [-0.25, -0.2) is 9.37 Å². The first kappa shape index (κ1) is 15.2. The molecule has 0 aliphatic heterocycles. The number of pyridine rings is 1. The van der Waals surface area contributed by atoms with Crippen LogP contribution in [-0.4, -0.2) is 10.9 Å². The van der Waals surface area contributed by atoms with Crippen LogP contribution in [0.1, 0.15) is 22.0 Å². The van der Waals surface area contributed by atoms with Gasteiger partial charge in [-0.1, -0.05) is 35.3 Å². The summed E-state index contributed by atoms with van der Waals surface area (Å²) in [6.07, 6.45) is 1.25. The maximum Gasteiger partial charge on any atom is 0.254 e. The van der Waals surface area contributed by atoms with E-state index in [0.717, 1.165) is 0 Å². The third-order valence-corrected chi connectivity index (χ3v) is 3.35. The molecule has 106 valence electrons. The molecule has 0 saturated heterocycles. The lowest BCUT2D eigenvalue weighted by molar-refractivity contribution is 0.0945. The number of carbonyl (C=O) groups is 1. The summed E-state index contributed by atoms with van der Waals surface area (Å²) in [4.78, 5) is 15.8. The summed E-state index contributed by atoms with van der Waals surface area (Å²) in [5, 5.41) is 11.8. The van der Waals surface area contributed by atoms with Gasteiger partial charge in [0.15, 0.2) is 0 Å². The van der Waals surface area contributed by atoms with Crippen LogP contribution in [0.2, 0.25) is 10.2 Å². The zero-order valence-corrected chi connectivity index (χ0v) is 12.0. The van der Waals surface area contributed by atoms with Crippen LogP contribution in [0.15, 0.2) is 36.5 Å². The van der Waals surface area contributed by atoms with Gasteiger partial charge in [0.2, 0.25) is 0 Å². The number of nitrogens with one attached hydrogen (secondary N) is 1. The molecule has 1 N–H and O–H groups in total. The fourth-order valence-electron chi connectivity index (χ4n) is 1.61. The van der Waals surface area contributed by atoms with E-state index in [2.05, 4.69) is 10.3 Å². The van der Waals surface area contributed by atoms with Crippen molar-refractivity contribution in [3.63, 3.8) is 0 Å². The Morgan fingerprint density at radius 1 is 1.33 bits per heavy atom.